The van der Waals surface area contributed by atoms with Gasteiger partial charge in [-0.05, 0) is 51.3 Å². The molecule has 0 radical (unpaired) electrons. The molecule has 166 valence electrons. The quantitative estimate of drug-likeness (QED) is 0.258. The van der Waals surface area contributed by atoms with Crippen molar-refractivity contribution < 1.29 is 19.2 Å². The van der Waals surface area contributed by atoms with Crippen molar-refractivity contribution in [2.75, 3.05) is 7.11 Å². The average molecular weight is 523 g/mol. The average Bonchev–Trinajstić information content (AvgIpc) is 3.21. The van der Waals surface area contributed by atoms with Crippen LogP contribution in [0.5, 0.6) is 11.5 Å². The number of amides is 1. The van der Waals surface area contributed by atoms with Gasteiger partial charge in [0.25, 0.3) is 5.91 Å². The van der Waals surface area contributed by atoms with E-state index in [0.717, 1.165) is 22.6 Å². The van der Waals surface area contributed by atoms with Crippen LogP contribution in [0.2, 0.25) is 5.02 Å². The Bertz CT molecular complexity index is 1170. The Labute approximate surface area is 196 Å². The summed E-state index contributed by atoms with van der Waals surface area (Å²) in [7, 11) is 1.51. The summed E-state index contributed by atoms with van der Waals surface area (Å²) in [6.45, 7) is 0.0824. The summed E-state index contributed by atoms with van der Waals surface area (Å²) in [5.74, 6) is 0.485. The van der Waals surface area contributed by atoms with Crippen molar-refractivity contribution in [2.45, 2.75) is 13.2 Å². The summed E-state index contributed by atoms with van der Waals surface area (Å²) >= 11 is 9.46. The lowest BCUT2D eigenvalue weighted by Crippen LogP contribution is -2.23. The third-order valence-electron chi connectivity index (χ3n) is 4.06. The maximum absolute atomic E-state index is 12.0. The third-order valence-corrected chi connectivity index (χ3v) is 4.89. The first-order valence-electron chi connectivity index (χ1n) is 9.09. The van der Waals surface area contributed by atoms with Crippen LogP contribution in [0.15, 0.2) is 58.4 Å². The zero-order valence-corrected chi connectivity index (χ0v) is 19.0. The minimum atomic E-state index is -0.590. The van der Waals surface area contributed by atoms with E-state index >= 15 is 0 Å². The van der Waals surface area contributed by atoms with Crippen LogP contribution < -0.4 is 14.9 Å². The highest BCUT2D eigenvalue weighted by Gasteiger charge is 2.13. The number of hydrogen-bond donors (Lipinski definition) is 1. The molecule has 0 saturated carbocycles. The lowest BCUT2D eigenvalue weighted by Gasteiger charge is -2.13. The zero-order valence-electron chi connectivity index (χ0n) is 16.7. The van der Waals surface area contributed by atoms with Gasteiger partial charge in [-0.3, -0.25) is 19.6 Å². The van der Waals surface area contributed by atoms with E-state index in [9.17, 15) is 14.9 Å². The normalized spacial score (nSPS) is 10.8. The fourth-order valence-electron chi connectivity index (χ4n) is 2.63. The van der Waals surface area contributed by atoms with Crippen molar-refractivity contribution in [3.05, 3.63) is 79.5 Å². The molecule has 12 heteroatoms. The second kappa shape index (κ2) is 10.7. The number of carbonyl (C=O) groups excluding carboxylic acids is 1. The molecule has 0 atom stereocenters. The van der Waals surface area contributed by atoms with Crippen LogP contribution in [-0.4, -0.2) is 33.9 Å². The van der Waals surface area contributed by atoms with Crippen LogP contribution in [0.25, 0.3) is 0 Å². The molecule has 0 saturated heterocycles. The number of rotatable bonds is 9. The molecule has 0 bridgehead atoms. The topological polar surface area (TPSA) is 121 Å². The van der Waals surface area contributed by atoms with Gasteiger partial charge in [0.05, 0.1) is 22.7 Å². The molecule has 2 aromatic carbocycles. The molecular weight excluding hydrogens is 506 g/mol. The SMILES string of the molecule is COc1cc(/C=N/NC(=O)Cn2cc([N+](=O)[O-])cn2)cc(Br)c1OCc1cccc(Cl)c1. The van der Waals surface area contributed by atoms with Crippen LogP contribution in [0, 0.1) is 10.1 Å². The highest BCUT2D eigenvalue weighted by molar-refractivity contribution is 9.10. The van der Waals surface area contributed by atoms with Gasteiger partial charge in [-0.15, -0.1) is 0 Å². The fraction of sp³-hybridized carbons (Fsp3) is 0.150. The first-order valence-corrected chi connectivity index (χ1v) is 10.3. The second-order valence-corrected chi connectivity index (χ2v) is 7.69. The van der Waals surface area contributed by atoms with Crippen molar-refractivity contribution >= 4 is 45.3 Å². The summed E-state index contributed by atoms with van der Waals surface area (Å²) in [6.07, 6.45) is 3.65. The number of hydrogen-bond acceptors (Lipinski definition) is 7. The molecule has 10 nitrogen and oxygen atoms in total. The van der Waals surface area contributed by atoms with Crippen LogP contribution >= 0.6 is 27.5 Å². The van der Waals surface area contributed by atoms with Gasteiger partial charge < -0.3 is 9.47 Å². The fourth-order valence-corrected chi connectivity index (χ4v) is 3.42. The number of nitrogens with zero attached hydrogens (tertiary/aromatic N) is 4. The third kappa shape index (κ3) is 6.28. The van der Waals surface area contributed by atoms with E-state index in [1.807, 2.05) is 18.2 Å². The largest absolute Gasteiger partial charge is 0.493 e. The Balaban J connectivity index is 1.62. The number of hydrazone groups is 1. The number of nitrogens with one attached hydrogen (secondary N) is 1. The maximum Gasteiger partial charge on any atom is 0.307 e. The van der Waals surface area contributed by atoms with E-state index in [0.29, 0.717) is 33.2 Å². The standard InChI is InChI=1S/C20H17BrClN5O5/c1-31-18-7-14(6-17(21)20(18)32-12-13-3-2-4-15(22)5-13)8-23-25-19(28)11-26-10-16(9-24-26)27(29)30/h2-10H,11-12H2,1H3,(H,25,28)/b23-8+. The number of carbonyl (C=O) groups is 1. The van der Waals surface area contributed by atoms with E-state index in [1.54, 1.807) is 18.2 Å². The predicted molar refractivity (Wildman–Crippen MR) is 121 cm³/mol. The van der Waals surface area contributed by atoms with Crippen LogP contribution in [0.4, 0.5) is 5.69 Å². The van der Waals surface area contributed by atoms with Gasteiger partial charge in [0.15, 0.2) is 11.5 Å². The molecule has 32 heavy (non-hydrogen) atoms. The predicted octanol–water partition coefficient (Wildman–Crippen LogP) is 3.95. The molecule has 1 amide bonds. The lowest BCUT2D eigenvalue weighted by molar-refractivity contribution is -0.385. The van der Waals surface area contributed by atoms with Gasteiger partial charge in [0, 0.05) is 5.02 Å². The summed E-state index contributed by atoms with van der Waals surface area (Å²) in [6, 6.07) is 10.8. The molecule has 3 rings (SSSR count). The maximum atomic E-state index is 12.0. The molecular formula is C20H17BrClN5O5. The molecule has 0 aliphatic rings. The Morgan fingerprint density at radius 3 is 2.91 bits per heavy atom. The van der Waals surface area contributed by atoms with Crippen molar-refractivity contribution in [1.82, 2.24) is 15.2 Å². The van der Waals surface area contributed by atoms with E-state index in [2.05, 4.69) is 31.6 Å². The van der Waals surface area contributed by atoms with E-state index in [1.165, 1.54) is 13.3 Å². The molecule has 0 fully saturated rings. The van der Waals surface area contributed by atoms with Gasteiger partial charge >= 0.3 is 5.69 Å². The van der Waals surface area contributed by atoms with Crippen LogP contribution in [0.1, 0.15) is 11.1 Å². The monoisotopic (exact) mass is 521 g/mol. The summed E-state index contributed by atoms with van der Waals surface area (Å²) in [4.78, 5) is 22.0. The minimum absolute atomic E-state index is 0.198. The number of methoxy groups -OCH3 is 1. The number of ether oxygens (including phenoxy) is 2. The number of nitro groups is 1. The van der Waals surface area contributed by atoms with Gasteiger partial charge in [0.1, 0.15) is 25.5 Å². The summed E-state index contributed by atoms with van der Waals surface area (Å²) in [5.41, 5.74) is 3.69. The molecule has 3 aromatic rings. The number of aromatic nitrogens is 2. The molecule has 0 aliphatic carbocycles. The molecule has 0 aliphatic heterocycles. The Kier molecular flexibility index (Phi) is 7.79. The summed E-state index contributed by atoms with van der Waals surface area (Å²) in [5, 5.41) is 18.9. The van der Waals surface area contributed by atoms with E-state index < -0.39 is 10.8 Å². The van der Waals surface area contributed by atoms with Crippen molar-refractivity contribution in [2.24, 2.45) is 5.10 Å². The van der Waals surface area contributed by atoms with Crippen molar-refractivity contribution in [1.29, 1.82) is 0 Å². The summed E-state index contributed by atoms with van der Waals surface area (Å²) < 4.78 is 13.1. The van der Waals surface area contributed by atoms with Crippen molar-refractivity contribution in [3.8, 4) is 11.5 Å². The van der Waals surface area contributed by atoms with Gasteiger partial charge in [-0.1, -0.05) is 23.7 Å². The van der Waals surface area contributed by atoms with Crippen LogP contribution in [0.3, 0.4) is 0 Å². The van der Waals surface area contributed by atoms with Gasteiger partial charge in [0.2, 0.25) is 0 Å². The molecule has 1 aromatic heterocycles. The Morgan fingerprint density at radius 2 is 2.22 bits per heavy atom. The van der Waals surface area contributed by atoms with Crippen molar-refractivity contribution in [3.63, 3.8) is 0 Å². The second-order valence-electron chi connectivity index (χ2n) is 6.40. The number of halogens is 2. The van der Waals surface area contributed by atoms with E-state index in [4.69, 9.17) is 21.1 Å². The van der Waals surface area contributed by atoms with Gasteiger partial charge in [-0.2, -0.15) is 10.2 Å². The molecule has 1 heterocycles. The first kappa shape index (κ1) is 23.2. The Hall–Kier alpha value is -3.44. The Morgan fingerprint density at radius 1 is 1.41 bits per heavy atom. The highest BCUT2D eigenvalue weighted by atomic mass is 79.9. The van der Waals surface area contributed by atoms with E-state index in [-0.39, 0.29) is 12.2 Å². The first-order chi connectivity index (χ1) is 15.4. The lowest BCUT2D eigenvalue weighted by atomic mass is 10.2. The minimum Gasteiger partial charge on any atom is -0.493 e. The van der Waals surface area contributed by atoms with Crippen LogP contribution in [-0.2, 0) is 17.9 Å². The molecule has 0 spiro atoms. The highest BCUT2D eigenvalue weighted by Crippen LogP contribution is 2.37. The molecule has 0 unspecified atom stereocenters. The zero-order chi connectivity index (χ0) is 23.1. The smallest absolute Gasteiger partial charge is 0.307 e. The molecule has 1 N–H and O–H groups in total. The van der Waals surface area contributed by atoms with Gasteiger partial charge in [-0.25, -0.2) is 5.43 Å². The number of benzene rings is 2.